The predicted octanol–water partition coefficient (Wildman–Crippen LogP) is 15.2. The van der Waals surface area contributed by atoms with Crippen LogP contribution in [0.1, 0.15) is 119 Å². The Hall–Kier alpha value is -5.12. The van der Waals surface area contributed by atoms with Crippen LogP contribution in [-0.2, 0) is 37.3 Å². The molecule has 0 unspecified atom stereocenters. The van der Waals surface area contributed by atoms with Crippen molar-refractivity contribution in [2.45, 2.75) is 113 Å². The van der Waals surface area contributed by atoms with Crippen molar-refractivity contribution in [3.8, 4) is 17.3 Å². The number of ether oxygens (including phenoxy) is 1. The van der Waals surface area contributed by atoms with E-state index in [1.54, 1.807) is 0 Å². The average molecular weight is 1020 g/mol. The van der Waals surface area contributed by atoms with Crippen molar-refractivity contribution in [3.63, 3.8) is 0 Å². The van der Waals surface area contributed by atoms with Crippen LogP contribution in [0.2, 0.25) is 0 Å². The fraction of sp³-hybridized carbons (Fsp3) is 0.333. The Balaban J connectivity index is 0.00000595. The molecule has 5 aromatic carbocycles. The van der Waals surface area contributed by atoms with Crippen molar-refractivity contribution in [2.24, 2.45) is 10.8 Å². The molecule has 0 fully saturated rings. The number of anilines is 2. The van der Waals surface area contributed by atoms with Gasteiger partial charge in [0.15, 0.2) is 0 Å². The van der Waals surface area contributed by atoms with E-state index in [9.17, 15) is 0 Å². The van der Waals surface area contributed by atoms with Crippen LogP contribution < -0.4 is 14.5 Å². The first-order chi connectivity index (χ1) is 29.0. The van der Waals surface area contributed by atoms with E-state index in [1.807, 2.05) is 12.3 Å². The Kier molecular flexibility index (Phi) is 12.0. The third kappa shape index (κ3) is 8.75. The molecule has 0 saturated heterocycles. The van der Waals surface area contributed by atoms with E-state index in [0.29, 0.717) is 11.5 Å². The van der Waals surface area contributed by atoms with E-state index in [0.717, 1.165) is 44.6 Å². The maximum absolute atomic E-state index is 6.99. The van der Waals surface area contributed by atoms with Crippen molar-refractivity contribution in [1.29, 1.82) is 0 Å². The third-order valence-corrected chi connectivity index (χ3v) is 12.3. The zero-order valence-electron chi connectivity index (χ0n) is 39.6. The van der Waals surface area contributed by atoms with E-state index < -0.39 is 0 Å². The fourth-order valence-electron chi connectivity index (χ4n) is 8.94. The molecule has 0 aliphatic carbocycles. The Bertz CT molecular complexity index is 2820. The van der Waals surface area contributed by atoms with Gasteiger partial charge in [0.05, 0.1) is 0 Å². The summed E-state index contributed by atoms with van der Waals surface area (Å²) >= 11 is 0. The number of fused-ring (bicyclic) bond motifs is 3. The first-order valence-electron chi connectivity index (χ1n) is 22.1. The van der Waals surface area contributed by atoms with Crippen LogP contribution in [-0.4, -0.2) is 9.55 Å². The summed E-state index contributed by atoms with van der Waals surface area (Å²) in [5.74, 6) is 2.09. The van der Waals surface area contributed by atoms with Crippen LogP contribution in [0.5, 0.6) is 11.5 Å². The van der Waals surface area contributed by atoms with E-state index in [-0.39, 0.29) is 48.1 Å². The first-order valence-corrected chi connectivity index (χ1v) is 22.1. The summed E-state index contributed by atoms with van der Waals surface area (Å²) in [4.78, 5) is 9.69. The molecule has 0 bridgehead atoms. The van der Waals surface area contributed by atoms with Gasteiger partial charge in [-0.15, -0.1) is 48.3 Å². The van der Waals surface area contributed by atoms with E-state index >= 15 is 0 Å². The minimum Gasteiger partial charge on any atom is -0.509 e. The van der Waals surface area contributed by atoms with Crippen molar-refractivity contribution < 1.29 is 25.8 Å². The molecule has 8 rings (SSSR count). The largest absolute Gasteiger partial charge is 0.509 e. The second-order valence-electron chi connectivity index (χ2n) is 21.6. The maximum Gasteiger partial charge on any atom is 0.135 e. The number of hydrogen-bond acceptors (Lipinski definition) is 4. The molecule has 1 aliphatic heterocycles. The zero-order valence-corrected chi connectivity index (χ0v) is 41.9. The summed E-state index contributed by atoms with van der Waals surface area (Å²) in [6.07, 6.45) is 1.93. The topological polar surface area (TPSA) is 33.5 Å². The van der Waals surface area contributed by atoms with Crippen LogP contribution in [0.25, 0.3) is 27.6 Å². The van der Waals surface area contributed by atoms with Crippen LogP contribution >= 0.6 is 0 Å². The van der Waals surface area contributed by atoms with Gasteiger partial charge in [0, 0.05) is 72.2 Å². The van der Waals surface area contributed by atoms with Crippen molar-refractivity contribution in [3.05, 3.63) is 174 Å². The summed E-state index contributed by atoms with van der Waals surface area (Å²) in [6.45, 7) is 34.2. The summed E-state index contributed by atoms with van der Waals surface area (Å²) in [6, 6.07) is 48.6. The summed E-state index contributed by atoms with van der Waals surface area (Å²) < 4.78 is 9.25. The van der Waals surface area contributed by atoms with Crippen molar-refractivity contribution in [2.75, 3.05) is 9.80 Å². The molecular weight excluding hydrogens is 952 g/mol. The molecule has 0 atom stereocenters. The van der Waals surface area contributed by atoms with E-state index in [2.05, 4.69) is 239 Å². The van der Waals surface area contributed by atoms with Gasteiger partial charge < -0.3 is 19.1 Å². The number of aromatic nitrogens is 2. The molecule has 7 aromatic rings. The molecule has 3 heterocycles. The number of hydrogen-bond donors (Lipinski definition) is 0. The molecule has 63 heavy (non-hydrogen) atoms. The monoisotopic (exact) mass is 1010 g/mol. The van der Waals surface area contributed by atoms with E-state index in [1.165, 1.54) is 28.1 Å². The van der Waals surface area contributed by atoms with Crippen LogP contribution in [0.4, 0.5) is 11.4 Å². The standard InChI is InChI=1S/C57H63N4O.Pt/c1-53(2,3)39-24-20-25-41(32-39)59-37-60(52(56(10,11)12)51(59)55(7,8)9)42-26-21-27-43(34-42)62-44-35-46(57(13,14)38-22-16-15-17-23-38)50-45-28-18-19-29-47(45)61(48(50)36-44)49-33-40(30-31-58-49)54(4,5)6;/h15-33,35,37H,1-14H3;/q-3;. The number of nitrogens with zero attached hydrogens (tertiary/aromatic N) is 4. The van der Waals surface area contributed by atoms with Crippen LogP contribution in [0.3, 0.4) is 0 Å². The molecule has 0 N–H and O–H groups in total. The van der Waals surface area contributed by atoms with Gasteiger partial charge in [-0.1, -0.05) is 168 Å². The minimum absolute atomic E-state index is 0. The maximum atomic E-state index is 6.99. The van der Waals surface area contributed by atoms with Gasteiger partial charge in [0.1, 0.15) is 5.82 Å². The minimum atomic E-state index is -0.387. The summed E-state index contributed by atoms with van der Waals surface area (Å²) in [7, 11) is 0. The Morgan fingerprint density at radius 2 is 1.14 bits per heavy atom. The number of allylic oxidation sites excluding steroid dienone is 2. The van der Waals surface area contributed by atoms with Gasteiger partial charge >= 0.3 is 0 Å². The summed E-state index contributed by atoms with van der Waals surface area (Å²) in [5, 5.41) is 2.29. The second kappa shape index (κ2) is 16.5. The van der Waals surface area contributed by atoms with Gasteiger partial charge in [0.25, 0.3) is 0 Å². The normalized spacial score (nSPS) is 14.2. The molecule has 1 aliphatic rings. The Labute approximate surface area is 391 Å². The Morgan fingerprint density at radius 3 is 1.81 bits per heavy atom. The van der Waals surface area contributed by atoms with Gasteiger partial charge in [-0.3, -0.25) is 0 Å². The predicted molar refractivity (Wildman–Crippen MR) is 260 cm³/mol. The van der Waals surface area contributed by atoms with Gasteiger partial charge in [-0.25, -0.2) is 4.98 Å². The van der Waals surface area contributed by atoms with Gasteiger partial charge in [0.2, 0.25) is 0 Å². The molecule has 0 amide bonds. The molecule has 0 saturated carbocycles. The quantitative estimate of drug-likeness (QED) is 0.149. The molecule has 2 aromatic heterocycles. The van der Waals surface area contributed by atoms with Gasteiger partial charge in [-0.05, 0) is 68.7 Å². The number of para-hydroxylation sites is 1. The van der Waals surface area contributed by atoms with Gasteiger partial charge in [-0.2, -0.15) is 6.07 Å². The fourth-order valence-corrected chi connectivity index (χ4v) is 8.94. The first kappa shape index (κ1) is 45.9. The third-order valence-electron chi connectivity index (χ3n) is 12.3. The number of rotatable bonds is 7. The second-order valence-corrected chi connectivity index (χ2v) is 21.6. The molecule has 0 radical (unpaired) electrons. The molecule has 0 spiro atoms. The molecule has 330 valence electrons. The SMILES string of the molecule is CC(C)(C)C1=C(C(C)(C)C)N(c2cccc(C(C)(C)C)c2)[CH-]N1c1[c-]c(Oc2[c-]c3c(c(C(C)(C)c4ccccc4)c2)c2ccccc2n3-c2cc(C(C)(C)C)ccn2)ccc1.[Pt]. The van der Waals surface area contributed by atoms with Crippen LogP contribution in [0.15, 0.2) is 133 Å². The number of pyridine rings is 1. The molecule has 6 heteroatoms. The number of benzene rings is 5. The molecule has 5 nitrogen and oxygen atoms in total. The zero-order chi connectivity index (χ0) is 44.6. The summed E-state index contributed by atoms with van der Waals surface area (Å²) in [5.41, 5.74) is 10.7. The average Bonchev–Trinajstić information content (AvgIpc) is 3.79. The Morgan fingerprint density at radius 1 is 0.540 bits per heavy atom. The van der Waals surface area contributed by atoms with E-state index in [4.69, 9.17) is 9.72 Å². The van der Waals surface area contributed by atoms with Crippen LogP contribution in [0, 0.1) is 29.6 Å². The van der Waals surface area contributed by atoms with Crippen molar-refractivity contribution >= 4 is 33.2 Å². The smallest absolute Gasteiger partial charge is 0.135 e. The molecular formula is C57H63N4OPt-3. The van der Waals surface area contributed by atoms with Crippen molar-refractivity contribution in [1.82, 2.24) is 9.55 Å².